The molecule has 0 N–H and O–H groups in total. The fourth-order valence-electron chi connectivity index (χ4n) is 2.23. The molecule has 0 radical (unpaired) electrons. The summed E-state index contributed by atoms with van der Waals surface area (Å²) in [6.07, 6.45) is 6.82. The van der Waals surface area contributed by atoms with Crippen LogP contribution in [0.15, 0.2) is 18.3 Å². The van der Waals surface area contributed by atoms with Crippen LogP contribution in [0.2, 0.25) is 0 Å². The van der Waals surface area contributed by atoms with E-state index < -0.39 is 11.7 Å². The Morgan fingerprint density at radius 2 is 2.17 bits per heavy atom. The van der Waals surface area contributed by atoms with Gasteiger partial charge in [-0.1, -0.05) is 0 Å². The number of hydrogen-bond donors (Lipinski definition) is 0. The van der Waals surface area contributed by atoms with Crippen molar-refractivity contribution in [3.8, 4) is 12.3 Å². The van der Waals surface area contributed by atoms with Gasteiger partial charge in [0.15, 0.2) is 0 Å². The first-order chi connectivity index (χ1) is 10.7. The number of ether oxygens (including phenoxy) is 1. The van der Waals surface area contributed by atoms with Crippen LogP contribution in [0.5, 0.6) is 0 Å². The average molecular weight is 315 g/mol. The number of carbonyl (C=O) groups excluding carboxylic acids is 2. The fraction of sp³-hybridized carbons (Fsp3) is 0.471. The predicted molar refractivity (Wildman–Crippen MR) is 88.2 cm³/mol. The molecule has 1 atom stereocenters. The van der Waals surface area contributed by atoms with Crippen molar-refractivity contribution in [1.82, 2.24) is 4.98 Å². The van der Waals surface area contributed by atoms with E-state index in [4.69, 9.17) is 11.2 Å². The molecule has 1 unspecified atom stereocenters. The molecule has 2 amide bonds. The number of terminal acetylenes is 1. The zero-order valence-electron chi connectivity index (χ0n) is 13.9. The Labute approximate surface area is 136 Å². The van der Waals surface area contributed by atoms with E-state index in [0.29, 0.717) is 24.5 Å². The van der Waals surface area contributed by atoms with E-state index in [1.54, 1.807) is 51.0 Å². The molecular weight excluding hydrogens is 294 g/mol. The summed E-state index contributed by atoms with van der Waals surface area (Å²) in [5, 5.41) is 0. The standard InChI is InChI=1S/C17H21N3O3/c1-6-12-9-15(21)20(11-12)13-7-8-14(18-10-13)19(5)16(22)23-17(2,3)4/h1,7-8,10,12H,9,11H2,2-5H3. The van der Waals surface area contributed by atoms with Gasteiger partial charge in [0, 0.05) is 25.9 Å². The van der Waals surface area contributed by atoms with Crippen LogP contribution in [0, 0.1) is 18.3 Å². The van der Waals surface area contributed by atoms with Gasteiger partial charge in [-0.15, -0.1) is 12.3 Å². The number of nitrogens with zero attached hydrogens (tertiary/aromatic N) is 3. The van der Waals surface area contributed by atoms with E-state index in [-0.39, 0.29) is 11.8 Å². The number of anilines is 2. The second kappa shape index (κ2) is 6.29. The topological polar surface area (TPSA) is 62.7 Å². The molecule has 1 aliphatic heterocycles. The van der Waals surface area contributed by atoms with Gasteiger partial charge in [0.25, 0.3) is 0 Å². The summed E-state index contributed by atoms with van der Waals surface area (Å²) in [5.74, 6) is 2.98. The van der Waals surface area contributed by atoms with Gasteiger partial charge >= 0.3 is 6.09 Å². The summed E-state index contributed by atoms with van der Waals surface area (Å²) in [7, 11) is 1.59. The maximum atomic E-state index is 12.0. The van der Waals surface area contributed by atoms with Crippen molar-refractivity contribution in [3.05, 3.63) is 18.3 Å². The third-order valence-corrected chi connectivity index (χ3v) is 3.42. The highest BCUT2D eigenvalue weighted by Gasteiger charge is 2.29. The molecule has 0 aliphatic carbocycles. The van der Waals surface area contributed by atoms with Crippen LogP contribution in [0.25, 0.3) is 0 Å². The van der Waals surface area contributed by atoms with Gasteiger partial charge in [-0.3, -0.25) is 9.69 Å². The molecule has 6 nitrogen and oxygen atoms in total. The first kappa shape index (κ1) is 16.8. The minimum atomic E-state index is -0.572. The van der Waals surface area contributed by atoms with Gasteiger partial charge in [0.2, 0.25) is 5.91 Å². The van der Waals surface area contributed by atoms with Crippen molar-refractivity contribution in [1.29, 1.82) is 0 Å². The smallest absolute Gasteiger partial charge is 0.415 e. The first-order valence-electron chi connectivity index (χ1n) is 7.40. The van der Waals surface area contributed by atoms with Gasteiger partial charge in [-0.25, -0.2) is 9.78 Å². The lowest BCUT2D eigenvalue weighted by Crippen LogP contribution is -2.34. The molecule has 0 aromatic carbocycles. The van der Waals surface area contributed by atoms with Crippen molar-refractivity contribution in [3.63, 3.8) is 0 Å². The Morgan fingerprint density at radius 1 is 1.48 bits per heavy atom. The van der Waals surface area contributed by atoms with E-state index in [0.717, 1.165) is 0 Å². The van der Waals surface area contributed by atoms with Crippen molar-refractivity contribution in [2.24, 2.45) is 5.92 Å². The van der Waals surface area contributed by atoms with E-state index >= 15 is 0 Å². The molecule has 0 spiro atoms. The highest BCUT2D eigenvalue weighted by Crippen LogP contribution is 2.25. The summed E-state index contributed by atoms with van der Waals surface area (Å²) >= 11 is 0. The molecule has 0 saturated carbocycles. The van der Waals surface area contributed by atoms with E-state index in [1.807, 2.05) is 0 Å². The summed E-state index contributed by atoms with van der Waals surface area (Å²) in [6, 6.07) is 3.43. The monoisotopic (exact) mass is 315 g/mol. The molecule has 1 aromatic heterocycles. The summed E-state index contributed by atoms with van der Waals surface area (Å²) in [5.41, 5.74) is 0.103. The van der Waals surface area contributed by atoms with Crippen LogP contribution in [0.3, 0.4) is 0 Å². The van der Waals surface area contributed by atoms with Crippen LogP contribution < -0.4 is 9.80 Å². The van der Waals surface area contributed by atoms with Crippen LogP contribution in [0.4, 0.5) is 16.3 Å². The Hall–Kier alpha value is -2.55. The van der Waals surface area contributed by atoms with Gasteiger partial charge in [0.1, 0.15) is 11.4 Å². The Kier molecular flexibility index (Phi) is 4.60. The second-order valence-corrected chi connectivity index (χ2v) is 6.49. The van der Waals surface area contributed by atoms with Gasteiger partial charge in [-0.2, -0.15) is 0 Å². The molecule has 1 fully saturated rings. The minimum absolute atomic E-state index is 0.0111. The minimum Gasteiger partial charge on any atom is -0.443 e. The van der Waals surface area contributed by atoms with Crippen molar-refractivity contribution in [2.45, 2.75) is 32.8 Å². The molecule has 0 bridgehead atoms. The number of aromatic nitrogens is 1. The van der Waals surface area contributed by atoms with Crippen LogP contribution in [-0.2, 0) is 9.53 Å². The fourth-order valence-corrected chi connectivity index (χ4v) is 2.23. The van der Waals surface area contributed by atoms with Crippen LogP contribution in [0.1, 0.15) is 27.2 Å². The number of carbonyl (C=O) groups is 2. The van der Waals surface area contributed by atoms with Crippen molar-refractivity contribution >= 4 is 23.5 Å². The number of rotatable bonds is 2. The molecule has 23 heavy (non-hydrogen) atoms. The summed E-state index contributed by atoms with van der Waals surface area (Å²) in [4.78, 5) is 31.1. The van der Waals surface area contributed by atoms with Crippen molar-refractivity contribution in [2.75, 3.05) is 23.4 Å². The van der Waals surface area contributed by atoms with Gasteiger partial charge < -0.3 is 9.64 Å². The molecule has 6 heteroatoms. The number of pyridine rings is 1. The molecule has 2 heterocycles. The largest absolute Gasteiger partial charge is 0.443 e. The zero-order valence-corrected chi connectivity index (χ0v) is 13.9. The molecule has 1 aromatic rings. The lowest BCUT2D eigenvalue weighted by Gasteiger charge is -2.24. The van der Waals surface area contributed by atoms with Gasteiger partial charge in [0.05, 0.1) is 11.9 Å². The maximum Gasteiger partial charge on any atom is 0.415 e. The third-order valence-electron chi connectivity index (χ3n) is 3.42. The second-order valence-electron chi connectivity index (χ2n) is 6.49. The number of amides is 2. The highest BCUT2D eigenvalue weighted by molar-refractivity contribution is 5.96. The first-order valence-corrected chi connectivity index (χ1v) is 7.40. The maximum absolute atomic E-state index is 12.0. The summed E-state index contributed by atoms with van der Waals surface area (Å²) in [6.45, 7) is 5.90. The van der Waals surface area contributed by atoms with Crippen molar-refractivity contribution < 1.29 is 14.3 Å². The lowest BCUT2D eigenvalue weighted by atomic mass is 10.1. The Morgan fingerprint density at radius 3 is 2.65 bits per heavy atom. The Balaban J connectivity index is 2.09. The van der Waals surface area contributed by atoms with Crippen LogP contribution in [-0.4, -0.2) is 36.2 Å². The van der Waals surface area contributed by atoms with Gasteiger partial charge in [-0.05, 0) is 32.9 Å². The number of hydrogen-bond acceptors (Lipinski definition) is 4. The molecule has 1 saturated heterocycles. The third kappa shape index (κ3) is 4.01. The van der Waals surface area contributed by atoms with E-state index in [1.165, 1.54) is 4.90 Å². The molecular formula is C17H21N3O3. The van der Waals surface area contributed by atoms with Crippen LogP contribution >= 0.6 is 0 Å². The molecule has 1 aliphatic rings. The highest BCUT2D eigenvalue weighted by atomic mass is 16.6. The van der Waals surface area contributed by atoms with E-state index in [9.17, 15) is 9.59 Å². The zero-order chi connectivity index (χ0) is 17.2. The SMILES string of the molecule is C#CC1CC(=O)N(c2ccc(N(C)C(=O)OC(C)(C)C)nc2)C1. The normalized spacial score (nSPS) is 17.8. The lowest BCUT2D eigenvalue weighted by molar-refractivity contribution is -0.117. The Bertz CT molecular complexity index is 641. The van der Waals surface area contributed by atoms with E-state index in [2.05, 4.69) is 10.9 Å². The summed E-state index contributed by atoms with van der Waals surface area (Å²) < 4.78 is 5.29. The quantitative estimate of drug-likeness (QED) is 0.786. The predicted octanol–water partition coefficient (Wildman–Crippen LogP) is 2.44. The molecule has 2 rings (SSSR count). The molecule has 122 valence electrons. The average Bonchev–Trinajstić information content (AvgIpc) is 2.86.